The molecule has 0 bridgehead atoms. The molecule has 0 aliphatic carbocycles. The van der Waals surface area contributed by atoms with E-state index in [4.69, 9.17) is 23.2 Å². The molecule has 0 spiro atoms. The third kappa shape index (κ3) is 2.98. The van der Waals surface area contributed by atoms with Gasteiger partial charge < -0.3 is 9.97 Å². The van der Waals surface area contributed by atoms with Gasteiger partial charge in [-0.25, -0.2) is 4.79 Å². The van der Waals surface area contributed by atoms with Crippen molar-refractivity contribution in [2.24, 2.45) is 0 Å². The average Bonchev–Trinajstić information content (AvgIpc) is 2.87. The Bertz CT molecular complexity index is 954. The lowest BCUT2D eigenvalue weighted by Crippen LogP contribution is -1.99. The molecule has 0 unspecified atom stereocenters. The molecule has 22 heavy (non-hydrogen) atoms. The summed E-state index contributed by atoms with van der Waals surface area (Å²) in [6, 6.07) is 10.1. The molecule has 0 fully saturated rings. The van der Waals surface area contributed by atoms with Crippen molar-refractivity contribution < 1.29 is 4.79 Å². The number of rotatable bonds is 3. The van der Waals surface area contributed by atoms with E-state index in [1.165, 1.54) is 6.08 Å². The molecule has 4 nitrogen and oxygen atoms in total. The average molecular weight is 333 g/mol. The van der Waals surface area contributed by atoms with Crippen LogP contribution in [0.2, 0.25) is 10.0 Å². The number of hydrogen-bond donors (Lipinski definition) is 2. The third-order valence-electron chi connectivity index (χ3n) is 3.17. The predicted octanol–water partition coefficient (Wildman–Crippen LogP) is 4.06. The maximum absolute atomic E-state index is 12.2. The first-order chi connectivity index (χ1) is 10.5. The highest BCUT2D eigenvalue weighted by Gasteiger charge is 2.05. The third-order valence-corrected chi connectivity index (χ3v) is 3.91. The summed E-state index contributed by atoms with van der Waals surface area (Å²) in [5.74, 6) is -0.171. The van der Waals surface area contributed by atoms with Crippen LogP contribution in [0.4, 0.5) is 0 Å². The molecule has 0 aliphatic heterocycles. The summed E-state index contributed by atoms with van der Waals surface area (Å²) in [7, 11) is 0. The van der Waals surface area contributed by atoms with Crippen LogP contribution in [0.1, 0.15) is 15.9 Å². The topological polar surface area (TPSA) is 65.7 Å². The van der Waals surface area contributed by atoms with Gasteiger partial charge in [-0.2, -0.15) is 0 Å². The molecule has 0 atom stereocenters. The second-order valence-corrected chi connectivity index (χ2v) is 5.53. The van der Waals surface area contributed by atoms with Gasteiger partial charge >= 0.3 is 5.69 Å². The van der Waals surface area contributed by atoms with Gasteiger partial charge in [0.15, 0.2) is 5.78 Å². The van der Waals surface area contributed by atoms with E-state index in [0.29, 0.717) is 26.6 Å². The molecule has 2 aromatic carbocycles. The maximum atomic E-state index is 12.2. The second-order valence-electron chi connectivity index (χ2n) is 4.71. The van der Waals surface area contributed by atoms with Crippen LogP contribution in [0.3, 0.4) is 0 Å². The number of hydrogen-bond acceptors (Lipinski definition) is 2. The number of aromatic amines is 2. The minimum absolute atomic E-state index is 0.171. The molecule has 3 rings (SSSR count). The summed E-state index contributed by atoms with van der Waals surface area (Å²) in [5, 5.41) is 0.898. The Hall–Kier alpha value is -2.30. The molecular formula is C16H10Cl2N2O2. The first-order valence-corrected chi connectivity index (χ1v) is 7.18. The molecule has 0 saturated carbocycles. The van der Waals surface area contributed by atoms with E-state index in [0.717, 1.165) is 5.56 Å². The lowest BCUT2D eigenvalue weighted by molar-refractivity contribution is 0.104. The molecular weight excluding hydrogens is 323 g/mol. The Morgan fingerprint density at radius 3 is 2.50 bits per heavy atom. The number of H-pyrrole nitrogens is 2. The van der Waals surface area contributed by atoms with E-state index in [-0.39, 0.29) is 11.5 Å². The van der Waals surface area contributed by atoms with Crippen LogP contribution in [0.25, 0.3) is 17.1 Å². The fraction of sp³-hybridized carbons (Fsp3) is 0. The normalized spacial score (nSPS) is 11.4. The van der Waals surface area contributed by atoms with Gasteiger partial charge in [-0.3, -0.25) is 4.79 Å². The molecule has 0 saturated heterocycles. The largest absolute Gasteiger partial charge is 0.323 e. The number of fused-ring (bicyclic) bond motifs is 1. The smallest absolute Gasteiger partial charge is 0.306 e. The van der Waals surface area contributed by atoms with E-state index >= 15 is 0 Å². The summed E-state index contributed by atoms with van der Waals surface area (Å²) in [5.41, 5.74) is 2.22. The van der Waals surface area contributed by atoms with Crippen LogP contribution in [-0.2, 0) is 0 Å². The molecule has 0 amide bonds. The summed E-state index contributed by atoms with van der Waals surface area (Å²) >= 11 is 11.8. The molecule has 2 N–H and O–H groups in total. The van der Waals surface area contributed by atoms with E-state index < -0.39 is 0 Å². The van der Waals surface area contributed by atoms with Crippen LogP contribution < -0.4 is 5.69 Å². The van der Waals surface area contributed by atoms with E-state index in [1.807, 2.05) is 0 Å². The van der Waals surface area contributed by atoms with Crippen molar-refractivity contribution >= 4 is 46.1 Å². The number of carbonyl (C=O) groups is 1. The lowest BCUT2D eigenvalue weighted by atomic mass is 10.1. The van der Waals surface area contributed by atoms with Crippen molar-refractivity contribution in [2.45, 2.75) is 0 Å². The molecule has 110 valence electrons. The number of halogens is 2. The van der Waals surface area contributed by atoms with Crippen LogP contribution in [0.5, 0.6) is 0 Å². The SMILES string of the molecule is O=C(C=Cc1ccc(Cl)c(Cl)c1)c1ccc2[nH]c(=O)[nH]c2c1. The van der Waals surface area contributed by atoms with Crippen molar-refractivity contribution in [3.8, 4) is 0 Å². The van der Waals surface area contributed by atoms with Gasteiger partial charge in [0.2, 0.25) is 0 Å². The van der Waals surface area contributed by atoms with Gasteiger partial charge in [0, 0.05) is 5.56 Å². The van der Waals surface area contributed by atoms with Crippen molar-refractivity contribution in [2.75, 3.05) is 0 Å². The molecule has 0 aliphatic rings. The first kappa shape index (κ1) is 14.6. The maximum Gasteiger partial charge on any atom is 0.323 e. The number of aromatic nitrogens is 2. The Labute approximate surface area is 135 Å². The Balaban J connectivity index is 1.87. The predicted molar refractivity (Wildman–Crippen MR) is 88.7 cm³/mol. The highest BCUT2D eigenvalue weighted by atomic mass is 35.5. The Morgan fingerprint density at radius 2 is 1.73 bits per heavy atom. The molecule has 1 aromatic heterocycles. The minimum atomic E-state index is -0.300. The molecule has 6 heteroatoms. The van der Waals surface area contributed by atoms with Crippen LogP contribution >= 0.6 is 23.2 Å². The van der Waals surface area contributed by atoms with E-state index in [9.17, 15) is 9.59 Å². The quantitative estimate of drug-likeness (QED) is 0.561. The first-order valence-electron chi connectivity index (χ1n) is 6.42. The van der Waals surface area contributed by atoms with Crippen LogP contribution in [0.15, 0.2) is 47.3 Å². The standard InChI is InChI=1S/C16H10Cl2N2O2/c17-11-4-1-9(7-12(11)18)2-6-15(21)10-3-5-13-14(8-10)20-16(22)19-13/h1-8H,(H2,19,20,22). The van der Waals surface area contributed by atoms with Gasteiger partial charge in [0.05, 0.1) is 21.1 Å². The van der Waals surface area contributed by atoms with Crippen molar-refractivity contribution in [3.63, 3.8) is 0 Å². The zero-order valence-electron chi connectivity index (χ0n) is 11.2. The Morgan fingerprint density at radius 1 is 0.955 bits per heavy atom. The number of imidazole rings is 1. The zero-order chi connectivity index (χ0) is 15.7. The van der Waals surface area contributed by atoms with Crippen molar-refractivity contribution in [3.05, 3.63) is 74.1 Å². The highest BCUT2D eigenvalue weighted by molar-refractivity contribution is 6.42. The summed E-state index contributed by atoms with van der Waals surface area (Å²) in [6.07, 6.45) is 3.11. The number of benzene rings is 2. The number of nitrogens with one attached hydrogen (secondary N) is 2. The summed E-state index contributed by atoms with van der Waals surface area (Å²) in [6.45, 7) is 0. The summed E-state index contributed by atoms with van der Waals surface area (Å²) in [4.78, 5) is 28.6. The van der Waals surface area contributed by atoms with Gasteiger partial charge in [-0.05, 0) is 42.0 Å². The van der Waals surface area contributed by atoms with E-state index in [2.05, 4.69) is 9.97 Å². The van der Waals surface area contributed by atoms with Crippen LogP contribution in [0, 0.1) is 0 Å². The fourth-order valence-corrected chi connectivity index (χ4v) is 2.38. The van der Waals surface area contributed by atoms with Gasteiger partial charge in [0.25, 0.3) is 0 Å². The number of allylic oxidation sites excluding steroid dienone is 1. The van der Waals surface area contributed by atoms with Gasteiger partial charge in [0.1, 0.15) is 0 Å². The monoisotopic (exact) mass is 332 g/mol. The zero-order valence-corrected chi connectivity index (χ0v) is 12.7. The van der Waals surface area contributed by atoms with Crippen molar-refractivity contribution in [1.82, 2.24) is 9.97 Å². The van der Waals surface area contributed by atoms with Crippen LogP contribution in [-0.4, -0.2) is 15.8 Å². The van der Waals surface area contributed by atoms with Gasteiger partial charge in [-0.1, -0.05) is 35.3 Å². The molecule has 3 aromatic rings. The second kappa shape index (κ2) is 5.83. The molecule has 1 heterocycles. The lowest BCUT2D eigenvalue weighted by Gasteiger charge is -1.98. The Kier molecular flexibility index (Phi) is 3.88. The number of ketones is 1. The van der Waals surface area contributed by atoms with Gasteiger partial charge in [-0.15, -0.1) is 0 Å². The minimum Gasteiger partial charge on any atom is -0.306 e. The summed E-state index contributed by atoms with van der Waals surface area (Å²) < 4.78 is 0. The fourth-order valence-electron chi connectivity index (χ4n) is 2.07. The highest BCUT2D eigenvalue weighted by Crippen LogP contribution is 2.23. The number of carbonyl (C=O) groups excluding carboxylic acids is 1. The molecule has 0 radical (unpaired) electrons. The van der Waals surface area contributed by atoms with Crippen molar-refractivity contribution in [1.29, 1.82) is 0 Å². The van der Waals surface area contributed by atoms with E-state index in [1.54, 1.807) is 42.5 Å².